The van der Waals surface area contributed by atoms with E-state index in [1.165, 1.54) is 12.1 Å². The van der Waals surface area contributed by atoms with Gasteiger partial charge in [0.2, 0.25) is 5.91 Å². The maximum absolute atomic E-state index is 13.0. The van der Waals surface area contributed by atoms with E-state index in [1.54, 1.807) is 12.1 Å². The maximum Gasteiger partial charge on any atom is 0.231 e. The van der Waals surface area contributed by atoms with Crippen LogP contribution in [0.25, 0.3) is 0 Å². The predicted molar refractivity (Wildman–Crippen MR) is 74.3 cm³/mol. The molecule has 1 aromatic rings. The standard InChI is InChI=1S/C13H19FN2O.ClH/c1-3-13(4-2,9-15)12(17)16-11-7-5-6-10(14)8-11;/h5-8H,3-4,9,15H2,1-2H3,(H,16,17);1H. The van der Waals surface area contributed by atoms with Crippen molar-refractivity contribution in [2.45, 2.75) is 26.7 Å². The smallest absolute Gasteiger partial charge is 0.231 e. The first-order chi connectivity index (χ1) is 8.07. The second-order valence-electron chi connectivity index (χ2n) is 4.16. The Labute approximate surface area is 113 Å². The van der Waals surface area contributed by atoms with Crippen LogP contribution in [-0.2, 0) is 4.79 Å². The highest BCUT2D eigenvalue weighted by atomic mass is 35.5. The number of halogens is 2. The molecular weight excluding hydrogens is 255 g/mol. The summed E-state index contributed by atoms with van der Waals surface area (Å²) in [7, 11) is 0. The molecule has 5 heteroatoms. The van der Waals surface area contributed by atoms with Crippen molar-refractivity contribution in [1.29, 1.82) is 0 Å². The molecule has 0 spiro atoms. The quantitative estimate of drug-likeness (QED) is 0.867. The van der Waals surface area contributed by atoms with Gasteiger partial charge in [0, 0.05) is 12.2 Å². The van der Waals surface area contributed by atoms with Crippen molar-refractivity contribution in [2.24, 2.45) is 11.1 Å². The van der Waals surface area contributed by atoms with Crippen LogP contribution in [0.4, 0.5) is 10.1 Å². The zero-order chi connectivity index (χ0) is 12.9. The van der Waals surface area contributed by atoms with Crippen LogP contribution in [0.15, 0.2) is 24.3 Å². The lowest BCUT2D eigenvalue weighted by atomic mass is 9.81. The Morgan fingerprint density at radius 3 is 2.44 bits per heavy atom. The summed E-state index contributed by atoms with van der Waals surface area (Å²) >= 11 is 0. The molecule has 18 heavy (non-hydrogen) atoms. The normalized spacial score (nSPS) is 10.7. The largest absolute Gasteiger partial charge is 0.329 e. The summed E-state index contributed by atoms with van der Waals surface area (Å²) in [5, 5.41) is 2.72. The van der Waals surface area contributed by atoms with Crippen molar-refractivity contribution < 1.29 is 9.18 Å². The van der Waals surface area contributed by atoms with Crippen LogP contribution in [0.2, 0.25) is 0 Å². The summed E-state index contributed by atoms with van der Waals surface area (Å²) in [6.07, 6.45) is 1.34. The summed E-state index contributed by atoms with van der Waals surface area (Å²) < 4.78 is 13.0. The third-order valence-corrected chi connectivity index (χ3v) is 3.31. The number of nitrogens with one attached hydrogen (secondary N) is 1. The van der Waals surface area contributed by atoms with Crippen LogP contribution in [0.1, 0.15) is 26.7 Å². The van der Waals surface area contributed by atoms with Gasteiger partial charge in [0.1, 0.15) is 5.82 Å². The molecule has 0 heterocycles. The molecule has 0 radical (unpaired) electrons. The molecule has 0 aliphatic carbocycles. The second-order valence-corrected chi connectivity index (χ2v) is 4.16. The topological polar surface area (TPSA) is 55.1 Å². The minimum atomic E-state index is -0.563. The first-order valence-electron chi connectivity index (χ1n) is 5.85. The number of rotatable bonds is 5. The Hall–Kier alpha value is -1.13. The second kappa shape index (κ2) is 7.34. The van der Waals surface area contributed by atoms with E-state index < -0.39 is 5.41 Å². The summed E-state index contributed by atoms with van der Waals surface area (Å²) in [4.78, 5) is 12.1. The van der Waals surface area contributed by atoms with E-state index in [9.17, 15) is 9.18 Å². The average molecular weight is 275 g/mol. The molecule has 1 amide bonds. The number of hydrogen-bond acceptors (Lipinski definition) is 2. The maximum atomic E-state index is 13.0. The lowest BCUT2D eigenvalue weighted by molar-refractivity contribution is -0.125. The van der Waals surface area contributed by atoms with Crippen LogP contribution in [0.5, 0.6) is 0 Å². The van der Waals surface area contributed by atoms with Crippen LogP contribution in [-0.4, -0.2) is 12.5 Å². The molecule has 0 atom stereocenters. The third-order valence-electron chi connectivity index (χ3n) is 3.31. The highest BCUT2D eigenvalue weighted by Gasteiger charge is 2.33. The van der Waals surface area contributed by atoms with Gasteiger partial charge in [0.25, 0.3) is 0 Å². The van der Waals surface area contributed by atoms with Gasteiger partial charge in [-0.3, -0.25) is 4.79 Å². The van der Waals surface area contributed by atoms with E-state index in [2.05, 4.69) is 5.32 Å². The summed E-state index contributed by atoms with van der Waals surface area (Å²) in [6, 6.07) is 5.86. The Morgan fingerprint density at radius 1 is 1.39 bits per heavy atom. The van der Waals surface area contributed by atoms with Gasteiger partial charge in [0.05, 0.1) is 5.41 Å². The number of benzene rings is 1. The molecule has 1 aromatic carbocycles. The van der Waals surface area contributed by atoms with Crippen molar-refractivity contribution >= 4 is 24.0 Å². The molecule has 102 valence electrons. The Bertz CT molecular complexity index is 386. The molecule has 1 rings (SSSR count). The molecule has 0 aromatic heterocycles. The molecule has 0 fully saturated rings. The fourth-order valence-electron chi connectivity index (χ4n) is 1.78. The summed E-state index contributed by atoms with van der Waals surface area (Å²) in [6.45, 7) is 4.16. The van der Waals surface area contributed by atoms with Crippen LogP contribution in [0, 0.1) is 11.2 Å². The molecule has 0 bridgehead atoms. The highest BCUT2D eigenvalue weighted by Crippen LogP contribution is 2.26. The molecule has 0 aliphatic heterocycles. The van der Waals surface area contributed by atoms with E-state index in [4.69, 9.17) is 5.73 Å². The van der Waals surface area contributed by atoms with Gasteiger partial charge < -0.3 is 11.1 Å². The minimum absolute atomic E-state index is 0. The minimum Gasteiger partial charge on any atom is -0.329 e. The van der Waals surface area contributed by atoms with Crippen molar-refractivity contribution in [3.63, 3.8) is 0 Å². The van der Waals surface area contributed by atoms with Crippen LogP contribution >= 0.6 is 12.4 Å². The molecular formula is C13H20ClFN2O. The lowest BCUT2D eigenvalue weighted by Crippen LogP contribution is -2.41. The zero-order valence-electron chi connectivity index (χ0n) is 10.7. The van der Waals surface area contributed by atoms with Crippen molar-refractivity contribution in [3.8, 4) is 0 Å². The number of carbonyl (C=O) groups is 1. The highest BCUT2D eigenvalue weighted by molar-refractivity contribution is 5.95. The predicted octanol–water partition coefficient (Wildman–Crippen LogP) is 2.95. The van der Waals surface area contributed by atoms with E-state index in [0.717, 1.165) is 0 Å². The summed E-state index contributed by atoms with van der Waals surface area (Å²) in [5.41, 5.74) is 5.58. The Balaban J connectivity index is 0.00000289. The molecule has 3 N–H and O–H groups in total. The number of anilines is 1. The fourth-order valence-corrected chi connectivity index (χ4v) is 1.78. The van der Waals surface area contributed by atoms with E-state index in [1.807, 2.05) is 13.8 Å². The number of amides is 1. The molecule has 3 nitrogen and oxygen atoms in total. The SMILES string of the molecule is CCC(CC)(CN)C(=O)Nc1cccc(F)c1.Cl. The fraction of sp³-hybridized carbons (Fsp3) is 0.462. The van der Waals surface area contributed by atoms with E-state index in [-0.39, 0.29) is 24.1 Å². The van der Waals surface area contributed by atoms with Gasteiger partial charge in [-0.05, 0) is 31.0 Å². The first-order valence-corrected chi connectivity index (χ1v) is 5.85. The average Bonchev–Trinajstić information content (AvgIpc) is 2.32. The van der Waals surface area contributed by atoms with Crippen molar-refractivity contribution in [1.82, 2.24) is 0 Å². The van der Waals surface area contributed by atoms with Gasteiger partial charge in [-0.1, -0.05) is 19.9 Å². The van der Waals surface area contributed by atoms with Gasteiger partial charge >= 0.3 is 0 Å². The molecule has 0 saturated carbocycles. The van der Waals surface area contributed by atoms with Gasteiger partial charge in [0.15, 0.2) is 0 Å². The first kappa shape index (κ1) is 16.9. The van der Waals surface area contributed by atoms with Crippen LogP contribution < -0.4 is 11.1 Å². The Kier molecular flexibility index (Phi) is 6.88. The van der Waals surface area contributed by atoms with E-state index >= 15 is 0 Å². The number of hydrogen-bond donors (Lipinski definition) is 2. The van der Waals surface area contributed by atoms with Crippen molar-refractivity contribution in [2.75, 3.05) is 11.9 Å². The van der Waals surface area contributed by atoms with Gasteiger partial charge in [-0.2, -0.15) is 0 Å². The molecule has 0 aliphatic rings. The Morgan fingerprint density at radius 2 is 2.00 bits per heavy atom. The van der Waals surface area contributed by atoms with Gasteiger partial charge in [-0.15, -0.1) is 12.4 Å². The van der Waals surface area contributed by atoms with Gasteiger partial charge in [-0.25, -0.2) is 4.39 Å². The number of nitrogens with two attached hydrogens (primary N) is 1. The monoisotopic (exact) mass is 274 g/mol. The zero-order valence-corrected chi connectivity index (χ0v) is 11.5. The lowest BCUT2D eigenvalue weighted by Gasteiger charge is -2.28. The van der Waals surface area contributed by atoms with E-state index in [0.29, 0.717) is 25.1 Å². The molecule has 0 unspecified atom stereocenters. The van der Waals surface area contributed by atoms with Crippen LogP contribution in [0.3, 0.4) is 0 Å². The molecule has 0 saturated heterocycles. The van der Waals surface area contributed by atoms with Crippen molar-refractivity contribution in [3.05, 3.63) is 30.1 Å². The summed E-state index contributed by atoms with van der Waals surface area (Å²) in [5.74, 6) is -0.509. The number of carbonyl (C=O) groups excluding carboxylic acids is 1. The third kappa shape index (κ3) is 3.68.